The predicted molar refractivity (Wildman–Crippen MR) is 68.4 cm³/mol. The van der Waals surface area contributed by atoms with E-state index in [1.54, 1.807) is 19.9 Å². The SMILES string of the molecule is CN1CC(CC(C)(C)C(=O)O)c2c(F)cccc21. The second kappa shape index (κ2) is 4.26. The zero-order valence-electron chi connectivity index (χ0n) is 10.9. The number of carbonyl (C=O) groups is 1. The second-order valence-electron chi connectivity index (χ2n) is 5.64. The molecule has 98 valence electrons. The van der Waals surface area contributed by atoms with E-state index in [1.165, 1.54) is 6.07 Å². The highest BCUT2D eigenvalue weighted by Crippen LogP contribution is 2.42. The number of halogens is 1. The van der Waals surface area contributed by atoms with Gasteiger partial charge in [0.1, 0.15) is 5.82 Å². The molecule has 1 atom stereocenters. The molecule has 2 rings (SSSR count). The summed E-state index contributed by atoms with van der Waals surface area (Å²) in [5.41, 5.74) is 0.700. The van der Waals surface area contributed by atoms with Crippen LogP contribution in [0.3, 0.4) is 0 Å². The number of likely N-dealkylation sites (N-methyl/N-ethyl adjacent to an activating group) is 1. The molecule has 1 unspecified atom stereocenters. The quantitative estimate of drug-likeness (QED) is 0.898. The van der Waals surface area contributed by atoms with E-state index in [2.05, 4.69) is 0 Å². The van der Waals surface area contributed by atoms with E-state index < -0.39 is 11.4 Å². The van der Waals surface area contributed by atoms with Crippen molar-refractivity contribution >= 4 is 11.7 Å². The summed E-state index contributed by atoms with van der Waals surface area (Å²) in [7, 11) is 1.91. The third-order valence-corrected chi connectivity index (χ3v) is 3.68. The van der Waals surface area contributed by atoms with Crippen LogP contribution in [0.15, 0.2) is 18.2 Å². The van der Waals surface area contributed by atoms with Crippen LogP contribution < -0.4 is 4.90 Å². The highest BCUT2D eigenvalue weighted by molar-refractivity contribution is 5.74. The molecule has 1 aromatic carbocycles. The van der Waals surface area contributed by atoms with Gasteiger partial charge in [0.05, 0.1) is 5.41 Å². The van der Waals surface area contributed by atoms with Gasteiger partial charge in [0, 0.05) is 30.8 Å². The van der Waals surface area contributed by atoms with Crippen molar-refractivity contribution in [1.29, 1.82) is 0 Å². The lowest BCUT2D eigenvalue weighted by atomic mass is 9.80. The van der Waals surface area contributed by atoms with E-state index >= 15 is 0 Å². The van der Waals surface area contributed by atoms with Crippen molar-refractivity contribution in [2.24, 2.45) is 5.41 Å². The maximum atomic E-state index is 13.9. The lowest BCUT2D eigenvalue weighted by Gasteiger charge is -2.23. The van der Waals surface area contributed by atoms with Crippen molar-refractivity contribution < 1.29 is 14.3 Å². The first-order chi connectivity index (χ1) is 8.33. The van der Waals surface area contributed by atoms with E-state index in [9.17, 15) is 14.3 Å². The first-order valence-corrected chi connectivity index (χ1v) is 6.06. The Balaban J connectivity index is 2.32. The van der Waals surface area contributed by atoms with Crippen LogP contribution in [0.4, 0.5) is 10.1 Å². The van der Waals surface area contributed by atoms with Crippen molar-refractivity contribution in [2.75, 3.05) is 18.5 Å². The number of hydrogen-bond acceptors (Lipinski definition) is 2. The summed E-state index contributed by atoms with van der Waals surface area (Å²) >= 11 is 0. The number of carboxylic acid groups (broad SMARTS) is 1. The Bertz CT molecular complexity index is 485. The number of carboxylic acids is 1. The second-order valence-corrected chi connectivity index (χ2v) is 5.64. The van der Waals surface area contributed by atoms with Gasteiger partial charge in [-0.05, 0) is 32.4 Å². The van der Waals surface area contributed by atoms with Crippen LogP contribution in [0.1, 0.15) is 31.7 Å². The molecule has 1 aliphatic rings. The molecule has 18 heavy (non-hydrogen) atoms. The molecule has 0 bridgehead atoms. The summed E-state index contributed by atoms with van der Waals surface area (Å²) < 4.78 is 13.9. The maximum absolute atomic E-state index is 13.9. The van der Waals surface area contributed by atoms with Gasteiger partial charge in [0.2, 0.25) is 0 Å². The Kier molecular flexibility index (Phi) is 3.05. The van der Waals surface area contributed by atoms with E-state index in [4.69, 9.17) is 0 Å². The molecule has 0 saturated carbocycles. The summed E-state index contributed by atoms with van der Waals surface area (Å²) in [5, 5.41) is 9.18. The zero-order valence-corrected chi connectivity index (χ0v) is 10.9. The molecule has 0 spiro atoms. The Hall–Kier alpha value is -1.58. The van der Waals surface area contributed by atoms with Crippen molar-refractivity contribution in [1.82, 2.24) is 0 Å². The molecule has 0 radical (unpaired) electrons. The number of anilines is 1. The minimum atomic E-state index is -0.838. The van der Waals surface area contributed by atoms with Crippen molar-refractivity contribution in [2.45, 2.75) is 26.2 Å². The third-order valence-electron chi connectivity index (χ3n) is 3.68. The van der Waals surface area contributed by atoms with Gasteiger partial charge in [-0.1, -0.05) is 6.07 Å². The molecule has 1 N–H and O–H groups in total. The normalized spacial score (nSPS) is 18.9. The number of nitrogens with zero attached hydrogens (tertiary/aromatic N) is 1. The Morgan fingerprint density at radius 1 is 1.56 bits per heavy atom. The van der Waals surface area contributed by atoms with Crippen LogP contribution in [-0.2, 0) is 4.79 Å². The minimum Gasteiger partial charge on any atom is -0.481 e. The number of aliphatic carboxylic acids is 1. The van der Waals surface area contributed by atoms with Crippen LogP contribution in [0.5, 0.6) is 0 Å². The molecule has 1 heterocycles. The molecule has 0 fully saturated rings. The Morgan fingerprint density at radius 3 is 2.83 bits per heavy atom. The van der Waals surface area contributed by atoms with Gasteiger partial charge >= 0.3 is 5.97 Å². The summed E-state index contributed by atoms with van der Waals surface area (Å²) in [4.78, 5) is 13.2. The number of benzene rings is 1. The standard InChI is InChI=1S/C14H18FNO2/c1-14(2,13(17)18)7-9-8-16(3)11-6-4-5-10(15)12(9)11/h4-6,9H,7-8H2,1-3H3,(H,17,18). The molecule has 3 nitrogen and oxygen atoms in total. The molecule has 4 heteroatoms. The van der Waals surface area contributed by atoms with Crippen LogP contribution >= 0.6 is 0 Å². The van der Waals surface area contributed by atoms with Gasteiger partial charge in [0.25, 0.3) is 0 Å². The first-order valence-electron chi connectivity index (χ1n) is 6.06. The largest absolute Gasteiger partial charge is 0.481 e. The molecular formula is C14H18FNO2. The van der Waals surface area contributed by atoms with Crippen molar-refractivity contribution in [3.63, 3.8) is 0 Å². The third kappa shape index (κ3) is 2.07. The topological polar surface area (TPSA) is 40.5 Å². The number of hydrogen-bond donors (Lipinski definition) is 1. The van der Waals surface area contributed by atoms with Crippen LogP contribution in [0, 0.1) is 11.2 Å². The fourth-order valence-electron chi connectivity index (χ4n) is 2.65. The summed E-state index contributed by atoms with van der Waals surface area (Å²) in [6.45, 7) is 4.05. The molecule has 1 aromatic rings. The monoisotopic (exact) mass is 251 g/mol. The fourth-order valence-corrected chi connectivity index (χ4v) is 2.65. The smallest absolute Gasteiger partial charge is 0.309 e. The number of fused-ring (bicyclic) bond motifs is 1. The average Bonchev–Trinajstić information content (AvgIpc) is 2.56. The van der Waals surface area contributed by atoms with Gasteiger partial charge < -0.3 is 10.0 Å². The fraction of sp³-hybridized carbons (Fsp3) is 0.500. The zero-order chi connectivity index (χ0) is 13.5. The van der Waals surface area contributed by atoms with Crippen LogP contribution in [0.2, 0.25) is 0 Å². The first kappa shape index (κ1) is 12.9. The molecule has 0 aliphatic carbocycles. The lowest BCUT2D eigenvalue weighted by Crippen LogP contribution is -2.27. The lowest BCUT2D eigenvalue weighted by molar-refractivity contribution is -0.147. The van der Waals surface area contributed by atoms with Crippen LogP contribution in [-0.4, -0.2) is 24.7 Å². The Labute approximate surface area is 106 Å². The van der Waals surface area contributed by atoms with Gasteiger partial charge in [0.15, 0.2) is 0 Å². The van der Waals surface area contributed by atoms with Crippen molar-refractivity contribution in [3.05, 3.63) is 29.6 Å². The summed E-state index contributed by atoms with van der Waals surface area (Å²) in [6.07, 6.45) is 0.445. The maximum Gasteiger partial charge on any atom is 0.309 e. The van der Waals surface area contributed by atoms with Crippen molar-refractivity contribution in [3.8, 4) is 0 Å². The molecule has 1 aliphatic heterocycles. The van der Waals surface area contributed by atoms with E-state index in [0.29, 0.717) is 18.5 Å². The van der Waals surface area contributed by atoms with Gasteiger partial charge in [-0.3, -0.25) is 4.79 Å². The van der Waals surface area contributed by atoms with Gasteiger partial charge in [-0.2, -0.15) is 0 Å². The van der Waals surface area contributed by atoms with Gasteiger partial charge in [-0.15, -0.1) is 0 Å². The molecule has 0 aromatic heterocycles. The van der Waals surface area contributed by atoms with Crippen LogP contribution in [0.25, 0.3) is 0 Å². The highest BCUT2D eigenvalue weighted by Gasteiger charge is 2.37. The molecule has 0 amide bonds. The van der Waals surface area contributed by atoms with E-state index in [0.717, 1.165) is 5.69 Å². The summed E-state index contributed by atoms with van der Waals surface area (Å²) in [6, 6.07) is 5.01. The average molecular weight is 251 g/mol. The van der Waals surface area contributed by atoms with Gasteiger partial charge in [-0.25, -0.2) is 4.39 Å². The highest BCUT2D eigenvalue weighted by atomic mass is 19.1. The van der Waals surface area contributed by atoms with E-state index in [-0.39, 0.29) is 11.7 Å². The molecule has 0 saturated heterocycles. The Morgan fingerprint density at radius 2 is 2.22 bits per heavy atom. The van der Waals surface area contributed by atoms with E-state index in [1.807, 2.05) is 18.0 Å². The predicted octanol–water partition coefficient (Wildman–Crippen LogP) is 2.86. The number of rotatable bonds is 3. The molecular weight excluding hydrogens is 233 g/mol. The summed E-state index contributed by atoms with van der Waals surface area (Å²) in [5.74, 6) is -1.13. The minimum absolute atomic E-state index is 0.0581.